The lowest BCUT2D eigenvalue weighted by molar-refractivity contribution is -0.297. The minimum absolute atomic E-state index is 0.155. The minimum atomic E-state index is -4.60. The Hall–Kier alpha value is -2.39. The summed E-state index contributed by atoms with van der Waals surface area (Å²) in [6.07, 6.45) is 26.0. The van der Waals surface area contributed by atoms with E-state index in [4.69, 9.17) is 18.9 Å². The molecule has 1 saturated heterocycles. The van der Waals surface area contributed by atoms with Crippen LogP contribution in [-0.2, 0) is 38.7 Å². The van der Waals surface area contributed by atoms with Gasteiger partial charge in [0.2, 0.25) is 0 Å². The zero-order valence-corrected chi connectivity index (χ0v) is 33.6. The molecule has 54 heavy (non-hydrogen) atoms. The van der Waals surface area contributed by atoms with E-state index in [0.717, 1.165) is 57.8 Å². The summed E-state index contributed by atoms with van der Waals surface area (Å²) in [5, 5.41) is 30.8. The van der Waals surface area contributed by atoms with Crippen molar-refractivity contribution in [1.29, 1.82) is 0 Å². The van der Waals surface area contributed by atoms with E-state index < -0.39 is 71.2 Å². The van der Waals surface area contributed by atoms with Crippen molar-refractivity contribution in [1.82, 2.24) is 0 Å². The van der Waals surface area contributed by atoms with Crippen molar-refractivity contribution in [3.8, 4) is 0 Å². The maximum Gasteiger partial charge on any atom is 0.306 e. The number of allylic oxidation sites excluding steroid dienone is 8. The fourth-order valence-electron chi connectivity index (χ4n) is 5.78. The monoisotopic (exact) mass is 786 g/mol. The Morgan fingerprint density at radius 3 is 1.74 bits per heavy atom. The molecule has 0 radical (unpaired) electrons. The maximum atomic E-state index is 12.7. The average molecular weight is 787 g/mol. The van der Waals surface area contributed by atoms with Gasteiger partial charge in [0.05, 0.1) is 6.61 Å². The zero-order chi connectivity index (χ0) is 39.9. The van der Waals surface area contributed by atoms with Gasteiger partial charge in [-0.15, -0.1) is 0 Å². The number of carbonyl (C=O) groups is 2. The highest BCUT2D eigenvalue weighted by Crippen LogP contribution is 2.24. The normalized spacial score (nSPS) is 21.5. The number of esters is 2. The summed E-state index contributed by atoms with van der Waals surface area (Å²) >= 11 is 0. The third-order valence-electron chi connectivity index (χ3n) is 8.92. The first-order valence-corrected chi connectivity index (χ1v) is 21.8. The number of rotatable bonds is 32. The Morgan fingerprint density at radius 1 is 0.648 bits per heavy atom. The molecule has 0 aromatic carbocycles. The first-order chi connectivity index (χ1) is 26.0. The van der Waals surface area contributed by atoms with Gasteiger partial charge in [-0.3, -0.25) is 14.1 Å². The van der Waals surface area contributed by atoms with Crippen LogP contribution in [0.1, 0.15) is 142 Å². The number of hydrogen-bond donors (Lipinski definition) is 4. The fourth-order valence-corrected chi connectivity index (χ4v) is 6.47. The van der Waals surface area contributed by atoms with Gasteiger partial charge >= 0.3 is 11.9 Å². The number of hydrogen-bond acceptors (Lipinski definition) is 11. The Balaban J connectivity index is 2.53. The lowest BCUT2D eigenvalue weighted by Gasteiger charge is -2.40. The Bertz CT molecular complexity index is 1200. The van der Waals surface area contributed by atoms with Crippen LogP contribution in [0.3, 0.4) is 0 Å². The number of aliphatic hydroxyl groups is 3. The van der Waals surface area contributed by atoms with Crippen LogP contribution in [0.2, 0.25) is 0 Å². The van der Waals surface area contributed by atoms with Gasteiger partial charge in [-0.05, 0) is 51.4 Å². The first-order valence-electron chi connectivity index (χ1n) is 20.2. The third kappa shape index (κ3) is 26.4. The molecule has 1 rings (SSSR count). The smallest absolute Gasteiger partial charge is 0.306 e. The standard InChI is InChI=1S/C41H70O12S/c1-3-5-7-9-11-13-15-16-17-18-20-21-23-25-27-29-36(42)50-31-34(52-37(43)30-28-26-24-22-19-14-12-10-8-6-4-2)32-51-41-40(46)39(45)38(44)35(53-41)33-54(47,48)49/h5,7,11,13,16-17,20-21,34-35,38-41,44-46H,3-4,6,8-10,12,14-15,18-19,22-33H2,1-2H3,(H,47,48,49)/b7-5+,13-11+,17-16+,21-20+/t34-,35-,38-,39?,40?,41+/m1/s1. The summed E-state index contributed by atoms with van der Waals surface area (Å²) in [5.74, 6) is -2.04. The molecule has 13 heteroatoms. The summed E-state index contributed by atoms with van der Waals surface area (Å²) in [7, 11) is -4.60. The molecule has 0 amide bonds. The number of ether oxygens (including phenoxy) is 4. The van der Waals surface area contributed by atoms with Crippen LogP contribution in [0, 0.1) is 0 Å². The third-order valence-corrected chi connectivity index (χ3v) is 9.67. The number of carbonyl (C=O) groups excluding carboxylic acids is 2. The molecule has 2 unspecified atom stereocenters. The highest BCUT2D eigenvalue weighted by Gasteiger charge is 2.46. The van der Waals surface area contributed by atoms with E-state index in [1.54, 1.807) is 0 Å². The largest absolute Gasteiger partial charge is 0.462 e. The van der Waals surface area contributed by atoms with Gasteiger partial charge in [0, 0.05) is 12.8 Å². The van der Waals surface area contributed by atoms with E-state index >= 15 is 0 Å². The molecule has 0 bridgehead atoms. The molecule has 6 atom stereocenters. The summed E-state index contributed by atoms with van der Waals surface area (Å²) in [4.78, 5) is 25.2. The molecule has 312 valence electrons. The SMILES string of the molecule is CC/C=C/C/C=C/C/C=C/C/C=C/CCCCC(=O)OC[C@H](CO[C@H]1O[C@H](CS(=O)(=O)O)[C@@H](O)C(O)C1O)OC(=O)CCCCCCCCCCCCC. The first kappa shape index (κ1) is 49.6. The molecule has 4 N–H and O–H groups in total. The molecule has 0 aromatic heterocycles. The van der Waals surface area contributed by atoms with Gasteiger partial charge in [0.1, 0.15) is 36.8 Å². The molecule has 0 spiro atoms. The van der Waals surface area contributed by atoms with Gasteiger partial charge in [-0.1, -0.05) is 127 Å². The topological polar surface area (TPSA) is 186 Å². The van der Waals surface area contributed by atoms with Crippen LogP contribution in [0.25, 0.3) is 0 Å². The molecule has 12 nitrogen and oxygen atoms in total. The quantitative estimate of drug-likeness (QED) is 0.0233. The summed E-state index contributed by atoms with van der Waals surface area (Å²) in [6, 6.07) is 0. The van der Waals surface area contributed by atoms with Crippen LogP contribution in [0.4, 0.5) is 0 Å². The molecule has 1 aliphatic heterocycles. The van der Waals surface area contributed by atoms with Gasteiger partial charge in [-0.25, -0.2) is 0 Å². The Labute approximate surface area is 324 Å². The van der Waals surface area contributed by atoms with Crippen molar-refractivity contribution in [2.75, 3.05) is 19.0 Å². The summed E-state index contributed by atoms with van der Waals surface area (Å²) in [5.41, 5.74) is 0. The average Bonchev–Trinajstić information content (AvgIpc) is 3.13. The van der Waals surface area contributed by atoms with Gasteiger partial charge in [0.15, 0.2) is 12.4 Å². The van der Waals surface area contributed by atoms with E-state index in [1.165, 1.54) is 44.9 Å². The highest BCUT2D eigenvalue weighted by molar-refractivity contribution is 7.85. The number of aliphatic hydroxyl groups excluding tert-OH is 3. The van der Waals surface area contributed by atoms with Crippen LogP contribution < -0.4 is 0 Å². The van der Waals surface area contributed by atoms with Crippen LogP contribution in [0.5, 0.6) is 0 Å². The fraction of sp³-hybridized carbons (Fsp3) is 0.756. The Kier molecular flexibility index (Phi) is 29.2. The summed E-state index contributed by atoms with van der Waals surface area (Å²) in [6.45, 7) is 3.57. The zero-order valence-electron chi connectivity index (χ0n) is 32.8. The molecule has 1 fully saturated rings. The minimum Gasteiger partial charge on any atom is -0.462 e. The molecule has 1 heterocycles. The van der Waals surface area contributed by atoms with Crippen LogP contribution in [0.15, 0.2) is 48.6 Å². The van der Waals surface area contributed by atoms with Crippen molar-refractivity contribution in [3.05, 3.63) is 48.6 Å². The van der Waals surface area contributed by atoms with Crippen molar-refractivity contribution in [2.24, 2.45) is 0 Å². The molecular formula is C41H70O12S. The molecule has 0 aliphatic carbocycles. The van der Waals surface area contributed by atoms with Gasteiger partial charge in [-0.2, -0.15) is 8.42 Å². The van der Waals surface area contributed by atoms with E-state index in [2.05, 4.69) is 62.5 Å². The maximum absolute atomic E-state index is 12.7. The van der Waals surface area contributed by atoms with Crippen LogP contribution in [-0.4, -0.2) is 96.0 Å². The van der Waals surface area contributed by atoms with Gasteiger partial charge < -0.3 is 34.3 Å². The molecule has 0 saturated carbocycles. The van der Waals surface area contributed by atoms with E-state index in [0.29, 0.717) is 12.8 Å². The van der Waals surface area contributed by atoms with Crippen molar-refractivity contribution in [3.63, 3.8) is 0 Å². The second kappa shape index (κ2) is 31.8. The second-order valence-corrected chi connectivity index (χ2v) is 15.4. The molecule has 1 aliphatic rings. The number of unbranched alkanes of at least 4 members (excludes halogenated alkanes) is 12. The van der Waals surface area contributed by atoms with Crippen molar-refractivity contribution >= 4 is 22.1 Å². The predicted octanol–water partition coefficient (Wildman–Crippen LogP) is 7.22. The Morgan fingerprint density at radius 2 is 1.17 bits per heavy atom. The van der Waals surface area contributed by atoms with Crippen LogP contribution >= 0.6 is 0 Å². The molecular weight excluding hydrogens is 717 g/mol. The van der Waals surface area contributed by atoms with E-state index in [-0.39, 0.29) is 19.4 Å². The lowest BCUT2D eigenvalue weighted by atomic mass is 10.00. The summed E-state index contributed by atoms with van der Waals surface area (Å²) < 4.78 is 53.8. The van der Waals surface area contributed by atoms with Crippen molar-refractivity contribution < 1.29 is 56.8 Å². The highest BCUT2D eigenvalue weighted by atomic mass is 32.2. The van der Waals surface area contributed by atoms with E-state index in [9.17, 15) is 37.9 Å². The van der Waals surface area contributed by atoms with Crippen molar-refractivity contribution in [2.45, 2.75) is 179 Å². The van der Waals surface area contributed by atoms with E-state index in [1.807, 2.05) is 0 Å². The lowest BCUT2D eigenvalue weighted by Crippen LogP contribution is -2.60. The van der Waals surface area contributed by atoms with Gasteiger partial charge in [0.25, 0.3) is 10.1 Å². The molecule has 0 aromatic rings. The predicted molar refractivity (Wildman–Crippen MR) is 210 cm³/mol. The second-order valence-electron chi connectivity index (χ2n) is 13.9.